The molecule has 1 fully saturated rings. The van der Waals surface area contributed by atoms with Crippen LogP contribution in [0.1, 0.15) is 53.5 Å². The predicted molar refractivity (Wildman–Crippen MR) is 122 cm³/mol. The number of carbonyl (C=O) groups is 3. The van der Waals surface area contributed by atoms with E-state index in [9.17, 15) is 19.5 Å². The van der Waals surface area contributed by atoms with E-state index in [0.29, 0.717) is 5.02 Å². The minimum absolute atomic E-state index is 0.0143. The number of amides is 3. The second kappa shape index (κ2) is 10.1. The molecular formula is C23H34ClN3O5. The molecule has 3 N–H and O–H groups in total. The molecule has 0 aliphatic carbocycles. The molecule has 1 aliphatic rings. The number of aliphatic hydroxyl groups is 1. The Hall–Kier alpha value is -2.32. The largest absolute Gasteiger partial charge is 0.444 e. The summed E-state index contributed by atoms with van der Waals surface area (Å²) >= 11 is 5.89. The van der Waals surface area contributed by atoms with Crippen LogP contribution in [0.3, 0.4) is 0 Å². The van der Waals surface area contributed by atoms with Crippen LogP contribution in [-0.4, -0.2) is 58.2 Å². The lowest BCUT2D eigenvalue weighted by Gasteiger charge is -2.35. The fraction of sp³-hybridized carbons (Fsp3) is 0.609. The van der Waals surface area contributed by atoms with Gasteiger partial charge in [-0.1, -0.05) is 44.5 Å². The average Bonchev–Trinajstić information content (AvgIpc) is 3.04. The van der Waals surface area contributed by atoms with Crippen LogP contribution in [0.15, 0.2) is 24.3 Å². The monoisotopic (exact) mass is 467 g/mol. The molecule has 1 aromatic rings. The van der Waals surface area contributed by atoms with Crippen LogP contribution in [0.2, 0.25) is 5.02 Å². The highest BCUT2D eigenvalue weighted by Gasteiger charge is 2.44. The molecule has 8 nitrogen and oxygen atoms in total. The number of ether oxygens (including phenoxy) is 1. The van der Waals surface area contributed by atoms with Crippen LogP contribution in [0.25, 0.3) is 0 Å². The molecule has 1 saturated heterocycles. The standard InChI is InChI=1S/C23H34ClN3O5/c1-22(2,3)18(26-21(31)32-23(4,5)6)20(30)27-13-16(28)11-17(27)19(29)25-12-14-7-9-15(24)10-8-14/h7-10,16-18,28H,11-13H2,1-6H3,(H,25,29)(H,26,31)/t16-,17+,18-/m1/s1. The van der Waals surface area contributed by atoms with E-state index < -0.39 is 41.2 Å². The van der Waals surface area contributed by atoms with Crippen molar-refractivity contribution < 1.29 is 24.2 Å². The topological polar surface area (TPSA) is 108 Å². The Morgan fingerprint density at radius 1 is 1.16 bits per heavy atom. The number of β-amino-alcohol motifs (C(OH)–C–C–N with tert-alkyl or cyclic N) is 1. The van der Waals surface area contributed by atoms with E-state index in [1.54, 1.807) is 45.0 Å². The molecule has 178 valence electrons. The summed E-state index contributed by atoms with van der Waals surface area (Å²) in [7, 11) is 0. The number of aliphatic hydroxyl groups excluding tert-OH is 1. The number of benzene rings is 1. The zero-order chi connectivity index (χ0) is 24.3. The van der Waals surface area contributed by atoms with Gasteiger partial charge in [0, 0.05) is 24.5 Å². The number of rotatable bonds is 5. The van der Waals surface area contributed by atoms with Gasteiger partial charge in [-0.15, -0.1) is 0 Å². The van der Waals surface area contributed by atoms with Gasteiger partial charge in [0.25, 0.3) is 0 Å². The van der Waals surface area contributed by atoms with Gasteiger partial charge in [0.2, 0.25) is 11.8 Å². The van der Waals surface area contributed by atoms with Gasteiger partial charge in [-0.25, -0.2) is 4.79 Å². The van der Waals surface area contributed by atoms with E-state index in [-0.39, 0.29) is 25.4 Å². The van der Waals surface area contributed by atoms with E-state index in [2.05, 4.69) is 10.6 Å². The lowest BCUT2D eigenvalue weighted by Crippen LogP contribution is -2.58. The maximum absolute atomic E-state index is 13.4. The van der Waals surface area contributed by atoms with Gasteiger partial charge in [-0.2, -0.15) is 0 Å². The number of nitrogens with zero attached hydrogens (tertiary/aromatic N) is 1. The molecule has 0 unspecified atom stereocenters. The van der Waals surface area contributed by atoms with Crippen LogP contribution in [0.4, 0.5) is 4.79 Å². The average molecular weight is 468 g/mol. The van der Waals surface area contributed by atoms with E-state index >= 15 is 0 Å². The summed E-state index contributed by atoms with van der Waals surface area (Å²) in [6.45, 7) is 10.9. The molecule has 0 aromatic heterocycles. The van der Waals surface area contributed by atoms with Gasteiger partial charge in [0.15, 0.2) is 0 Å². The molecule has 32 heavy (non-hydrogen) atoms. The van der Waals surface area contributed by atoms with Crippen molar-refractivity contribution in [2.75, 3.05) is 6.54 Å². The quantitative estimate of drug-likeness (QED) is 0.617. The van der Waals surface area contributed by atoms with Crippen molar-refractivity contribution in [3.63, 3.8) is 0 Å². The number of likely N-dealkylation sites (tertiary alicyclic amines) is 1. The van der Waals surface area contributed by atoms with Crippen molar-refractivity contribution in [3.8, 4) is 0 Å². The van der Waals surface area contributed by atoms with Gasteiger partial charge in [-0.05, 0) is 43.9 Å². The van der Waals surface area contributed by atoms with Gasteiger partial charge in [-0.3, -0.25) is 9.59 Å². The highest BCUT2D eigenvalue weighted by Crippen LogP contribution is 2.26. The van der Waals surface area contributed by atoms with Crippen molar-refractivity contribution >= 4 is 29.5 Å². The summed E-state index contributed by atoms with van der Waals surface area (Å²) < 4.78 is 5.31. The molecule has 0 spiro atoms. The van der Waals surface area contributed by atoms with E-state index in [1.807, 2.05) is 20.8 Å². The third kappa shape index (κ3) is 7.38. The normalized spacial score (nSPS) is 19.9. The summed E-state index contributed by atoms with van der Waals surface area (Å²) in [6.07, 6.45) is -1.41. The summed E-state index contributed by atoms with van der Waals surface area (Å²) in [6, 6.07) is 5.29. The van der Waals surface area contributed by atoms with Gasteiger partial charge < -0.3 is 25.4 Å². The molecule has 0 bridgehead atoms. The maximum Gasteiger partial charge on any atom is 0.408 e. The van der Waals surface area contributed by atoms with Crippen LogP contribution in [0, 0.1) is 5.41 Å². The molecule has 1 aliphatic heterocycles. The highest BCUT2D eigenvalue weighted by molar-refractivity contribution is 6.30. The van der Waals surface area contributed by atoms with Gasteiger partial charge in [0.05, 0.1) is 6.10 Å². The van der Waals surface area contributed by atoms with Crippen molar-refractivity contribution in [1.82, 2.24) is 15.5 Å². The first-order valence-electron chi connectivity index (χ1n) is 10.7. The molecular weight excluding hydrogens is 434 g/mol. The molecule has 9 heteroatoms. The Kier molecular flexibility index (Phi) is 8.17. The second-order valence-corrected chi connectivity index (χ2v) is 10.6. The van der Waals surface area contributed by atoms with Gasteiger partial charge in [0.1, 0.15) is 17.7 Å². The zero-order valence-corrected chi connectivity index (χ0v) is 20.3. The fourth-order valence-corrected chi connectivity index (χ4v) is 3.58. The van der Waals surface area contributed by atoms with Crippen LogP contribution < -0.4 is 10.6 Å². The first-order valence-corrected chi connectivity index (χ1v) is 11.1. The maximum atomic E-state index is 13.4. The second-order valence-electron chi connectivity index (χ2n) is 10.2. The SMILES string of the molecule is CC(C)(C)OC(=O)N[C@H](C(=O)N1C[C@H](O)C[C@H]1C(=O)NCc1ccc(Cl)cc1)C(C)(C)C. The molecule has 2 rings (SSSR count). The Morgan fingerprint density at radius 2 is 1.75 bits per heavy atom. The Bertz CT molecular complexity index is 830. The van der Waals surface area contributed by atoms with Gasteiger partial charge >= 0.3 is 6.09 Å². The third-order valence-corrected chi connectivity index (χ3v) is 5.27. The van der Waals surface area contributed by atoms with E-state index in [4.69, 9.17) is 16.3 Å². The zero-order valence-electron chi connectivity index (χ0n) is 19.6. The molecule has 3 amide bonds. The van der Waals surface area contributed by atoms with Crippen LogP contribution >= 0.6 is 11.6 Å². The molecule has 1 heterocycles. The summed E-state index contributed by atoms with van der Waals surface area (Å²) in [5.41, 5.74) is -0.506. The van der Waals surface area contributed by atoms with Crippen LogP contribution in [0.5, 0.6) is 0 Å². The lowest BCUT2D eigenvalue weighted by molar-refractivity contribution is -0.142. The Morgan fingerprint density at radius 3 is 2.28 bits per heavy atom. The highest BCUT2D eigenvalue weighted by atomic mass is 35.5. The first-order chi connectivity index (χ1) is 14.7. The lowest BCUT2D eigenvalue weighted by atomic mass is 9.85. The van der Waals surface area contributed by atoms with E-state index in [0.717, 1.165) is 5.56 Å². The number of carbonyl (C=O) groups excluding carboxylic acids is 3. The Labute approximate surface area is 194 Å². The number of alkyl carbamates (subject to hydrolysis) is 1. The van der Waals surface area contributed by atoms with E-state index in [1.165, 1.54) is 4.90 Å². The minimum atomic E-state index is -0.936. The smallest absolute Gasteiger partial charge is 0.408 e. The van der Waals surface area contributed by atoms with Crippen molar-refractivity contribution in [3.05, 3.63) is 34.9 Å². The van der Waals surface area contributed by atoms with Crippen molar-refractivity contribution in [1.29, 1.82) is 0 Å². The fourth-order valence-electron chi connectivity index (χ4n) is 3.46. The predicted octanol–water partition coefficient (Wildman–Crippen LogP) is 2.86. The molecule has 0 saturated carbocycles. The number of hydrogen-bond acceptors (Lipinski definition) is 5. The molecule has 1 aromatic carbocycles. The van der Waals surface area contributed by atoms with Crippen molar-refractivity contribution in [2.24, 2.45) is 5.41 Å². The third-order valence-electron chi connectivity index (χ3n) is 5.02. The first kappa shape index (κ1) is 25.9. The Balaban J connectivity index is 2.13. The summed E-state index contributed by atoms with van der Waals surface area (Å²) in [5.74, 6) is -0.804. The number of nitrogens with one attached hydrogen (secondary N) is 2. The number of hydrogen-bond donors (Lipinski definition) is 3. The van der Waals surface area contributed by atoms with Crippen LogP contribution in [-0.2, 0) is 20.9 Å². The molecule has 3 atom stereocenters. The number of halogens is 1. The summed E-state index contributed by atoms with van der Waals surface area (Å²) in [5, 5.41) is 16.3. The van der Waals surface area contributed by atoms with Crippen molar-refractivity contribution in [2.45, 2.75) is 78.3 Å². The minimum Gasteiger partial charge on any atom is -0.444 e. The summed E-state index contributed by atoms with van der Waals surface area (Å²) in [4.78, 5) is 40.0. The molecule has 0 radical (unpaired) electrons.